The average molecular weight is 230 g/mol. The number of aryl methyl sites for hydroxylation is 1. The Morgan fingerprint density at radius 3 is 2.75 bits per heavy atom. The molecule has 86 valence electrons. The maximum Gasteiger partial charge on any atom is 0.268 e. The Balaban J connectivity index is 3.28. The van der Waals surface area contributed by atoms with E-state index in [2.05, 4.69) is 16.9 Å². The molecule has 0 fully saturated rings. The van der Waals surface area contributed by atoms with Crippen LogP contribution in [-0.4, -0.2) is 10.9 Å². The van der Waals surface area contributed by atoms with E-state index in [0.717, 1.165) is 6.08 Å². The number of aromatic nitrogens is 1. The standard InChI is InChI=1S/C10H9F3N2O/c1-3-7(16)15-9-5(2)14-4-6(11)8(9)10(12)13/h3-4,10H,1H2,2H3,(H,15,16). The van der Waals surface area contributed by atoms with E-state index in [1.807, 2.05) is 0 Å². The first-order valence-corrected chi connectivity index (χ1v) is 4.34. The lowest BCUT2D eigenvalue weighted by atomic mass is 10.1. The average Bonchev–Trinajstić information content (AvgIpc) is 2.22. The summed E-state index contributed by atoms with van der Waals surface area (Å²) in [6, 6.07) is 0. The fourth-order valence-electron chi connectivity index (χ4n) is 1.15. The van der Waals surface area contributed by atoms with Crippen molar-refractivity contribution in [1.29, 1.82) is 0 Å². The second kappa shape index (κ2) is 4.78. The van der Waals surface area contributed by atoms with Gasteiger partial charge in [0.1, 0.15) is 0 Å². The van der Waals surface area contributed by atoms with Crippen LogP contribution in [0, 0.1) is 12.7 Å². The lowest BCUT2D eigenvalue weighted by molar-refractivity contribution is -0.111. The fourth-order valence-corrected chi connectivity index (χ4v) is 1.15. The smallest absolute Gasteiger partial charge is 0.268 e. The fraction of sp³-hybridized carbons (Fsp3) is 0.200. The molecule has 6 heteroatoms. The Morgan fingerprint density at radius 1 is 1.62 bits per heavy atom. The summed E-state index contributed by atoms with van der Waals surface area (Å²) in [5.41, 5.74) is -1.05. The van der Waals surface area contributed by atoms with Crippen molar-refractivity contribution in [3.05, 3.63) is 35.9 Å². The lowest BCUT2D eigenvalue weighted by Gasteiger charge is -2.12. The maximum absolute atomic E-state index is 13.1. The molecule has 0 aliphatic heterocycles. The first kappa shape index (κ1) is 12.2. The minimum atomic E-state index is -3.03. The van der Waals surface area contributed by atoms with Crippen LogP contribution in [0.15, 0.2) is 18.9 Å². The van der Waals surface area contributed by atoms with Gasteiger partial charge < -0.3 is 5.32 Å². The maximum atomic E-state index is 13.1. The molecule has 0 atom stereocenters. The van der Waals surface area contributed by atoms with E-state index >= 15 is 0 Å². The number of hydrogen-bond acceptors (Lipinski definition) is 2. The van der Waals surface area contributed by atoms with Crippen LogP contribution in [0.1, 0.15) is 17.7 Å². The van der Waals surface area contributed by atoms with Crippen LogP contribution in [0.3, 0.4) is 0 Å². The Labute approximate surface area is 90.0 Å². The van der Waals surface area contributed by atoms with Crippen LogP contribution in [0.25, 0.3) is 0 Å². The number of hydrogen-bond donors (Lipinski definition) is 1. The van der Waals surface area contributed by atoms with E-state index < -0.39 is 23.7 Å². The van der Waals surface area contributed by atoms with Gasteiger partial charge in [0.2, 0.25) is 5.91 Å². The molecular formula is C10H9F3N2O. The summed E-state index contributed by atoms with van der Waals surface area (Å²) in [4.78, 5) is 14.5. The molecule has 0 bridgehead atoms. The Kier molecular flexibility index (Phi) is 3.65. The third-order valence-electron chi connectivity index (χ3n) is 1.91. The highest BCUT2D eigenvalue weighted by molar-refractivity contribution is 5.99. The number of alkyl halides is 2. The van der Waals surface area contributed by atoms with Crippen molar-refractivity contribution in [3.8, 4) is 0 Å². The van der Waals surface area contributed by atoms with Gasteiger partial charge in [-0.3, -0.25) is 9.78 Å². The molecule has 0 spiro atoms. The summed E-state index contributed by atoms with van der Waals surface area (Å²) in [5, 5.41) is 2.11. The molecular weight excluding hydrogens is 221 g/mol. The van der Waals surface area contributed by atoms with E-state index in [1.165, 1.54) is 6.92 Å². The molecule has 0 aliphatic rings. The van der Waals surface area contributed by atoms with Crippen molar-refractivity contribution in [1.82, 2.24) is 4.98 Å². The number of carbonyl (C=O) groups is 1. The molecule has 1 N–H and O–H groups in total. The van der Waals surface area contributed by atoms with Crippen LogP contribution in [0.2, 0.25) is 0 Å². The van der Waals surface area contributed by atoms with Crippen LogP contribution < -0.4 is 5.32 Å². The predicted octanol–water partition coefficient (Wildman–Crippen LogP) is 2.59. The van der Waals surface area contributed by atoms with Gasteiger partial charge >= 0.3 is 0 Å². The van der Waals surface area contributed by atoms with Crippen molar-refractivity contribution in [2.75, 3.05) is 5.32 Å². The van der Waals surface area contributed by atoms with E-state index in [4.69, 9.17) is 0 Å². The van der Waals surface area contributed by atoms with Gasteiger partial charge in [0.15, 0.2) is 5.82 Å². The van der Waals surface area contributed by atoms with Crippen molar-refractivity contribution in [2.45, 2.75) is 13.3 Å². The second-order valence-corrected chi connectivity index (χ2v) is 2.97. The van der Waals surface area contributed by atoms with Gasteiger partial charge in [-0.05, 0) is 13.0 Å². The summed E-state index contributed by atoms with van der Waals surface area (Å²) in [6.45, 7) is 4.56. The Morgan fingerprint density at radius 2 is 2.25 bits per heavy atom. The normalized spacial score (nSPS) is 10.3. The van der Waals surface area contributed by atoms with Crippen molar-refractivity contribution in [3.63, 3.8) is 0 Å². The summed E-state index contributed by atoms with van der Waals surface area (Å²) in [7, 11) is 0. The Hall–Kier alpha value is -1.85. The first-order chi connectivity index (χ1) is 7.47. The molecule has 1 amide bonds. The highest BCUT2D eigenvalue weighted by Crippen LogP contribution is 2.31. The predicted molar refractivity (Wildman–Crippen MR) is 52.7 cm³/mol. The molecule has 1 rings (SSSR count). The van der Waals surface area contributed by atoms with Gasteiger partial charge in [-0.15, -0.1) is 0 Å². The third-order valence-corrected chi connectivity index (χ3v) is 1.91. The van der Waals surface area contributed by atoms with Gasteiger partial charge in [0.25, 0.3) is 6.43 Å². The molecule has 1 aromatic rings. The third kappa shape index (κ3) is 2.39. The summed E-state index contributed by atoms with van der Waals surface area (Å²) >= 11 is 0. The topological polar surface area (TPSA) is 42.0 Å². The SMILES string of the molecule is C=CC(=O)Nc1c(C)ncc(F)c1C(F)F. The minimum Gasteiger partial charge on any atom is -0.320 e. The Bertz CT molecular complexity index is 432. The van der Waals surface area contributed by atoms with Crippen LogP contribution in [0.5, 0.6) is 0 Å². The zero-order chi connectivity index (χ0) is 12.3. The van der Waals surface area contributed by atoms with E-state index in [1.54, 1.807) is 0 Å². The van der Waals surface area contributed by atoms with Gasteiger partial charge in [-0.2, -0.15) is 0 Å². The van der Waals surface area contributed by atoms with Gasteiger partial charge in [-0.25, -0.2) is 13.2 Å². The van der Waals surface area contributed by atoms with Crippen LogP contribution in [-0.2, 0) is 4.79 Å². The molecule has 16 heavy (non-hydrogen) atoms. The van der Waals surface area contributed by atoms with E-state index in [0.29, 0.717) is 6.20 Å². The zero-order valence-corrected chi connectivity index (χ0v) is 8.43. The summed E-state index contributed by atoms with van der Waals surface area (Å²) < 4.78 is 38.3. The number of nitrogens with zero attached hydrogens (tertiary/aromatic N) is 1. The molecule has 0 saturated heterocycles. The molecule has 1 heterocycles. The van der Waals surface area contributed by atoms with Crippen molar-refractivity contribution < 1.29 is 18.0 Å². The number of halogens is 3. The summed E-state index contributed by atoms with van der Waals surface area (Å²) in [5.74, 6) is -1.85. The molecule has 0 aliphatic carbocycles. The number of rotatable bonds is 3. The molecule has 0 unspecified atom stereocenters. The molecule has 3 nitrogen and oxygen atoms in total. The monoisotopic (exact) mass is 230 g/mol. The van der Waals surface area contributed by atoms with Crippen molar-refractivity contribution >= 4 is 11.6 Å². The first-order valence-electron chi connectivity index (χ1n) is 4.34. The molecule has 1 aromatic heterocycles. The molecule has 0 radical (unpaired) electrons. The molecule has 0 aromatic carbocycles. The number of nitrogens with one attached hydrogen (secondary N) is 1. The highest BCUT2D eigenvalue weighted by atomic mass is 19.3. The number of anilines is 1. The van der Waals surface area contributed by atoms with Crippen molar-refractivity contribution in [2.24, 2.45) is 0 Å². The number of amides is 1. The highest BCUT2D eigenvalue weighted by Gasteiger charge is 2.21. The lowest BCUT2D eigenvalue weighted by Crippen LogP contribution is -2.13. The minimum absolute atomic E-state index is 0.118. The van der Waals surface area contributed by atoms with Crippen LogP contribution in [0.4, 0.5) is 18.9 Å². The quantitative estimate of drug-likeness (QED) is 0.811. The zero-order valence-electron chi connectivity index (χ0n) is 8.43. The number of pyridine rings is 1. The van der Waals surface area contributed by atoms with E-state index in [9.17, 15) is 18.0 Å². The number of carbonyl (C=O) groups excluding carboxylic acids is 1. The second-order valence-electron chi connectivity index (χ2n) is 2.97. The largest absolute Gasteiger partial charge is 0.320 e. The molecule has 0 saturated carbocycles. The van der Waals surface area contributed by atoms with Gasteiger partial charge in [-0.1, -0.05) is 6.58 Å². The van der Waals surface area contributed by atoms with Gasteiger partial charge in [0, 0.05) is 0 Å². The van der Waals surface area contributed by atoms with E-state index in [-0.39, 0.29) is 11.4 Å². The van der Waals surface area contributed by atoms with Crippen LogP contribution >= 0.6 is 0 Å². The summed E-state index contributed by atoms with van der Waals surface area (Å²) in [6.07, 6.45) is -1.43. The van der Waals surface area contributed by atoms with Gasteiger partial charge in [0.05, 0.1) is 23.1 Å².